The lowest BCUT2D eigenvalue weighted by Crippen LogP contribution is -2.08. The number of hydrogen-bond acceptors (Lipinski definition) is 5. The summed E-state index contributed by atoms with van der Waals surface area (Å²) in [4.78, 5) is 15.5. The minimum Gasteiger partial charge on any atom is -0.461 e. The Balaban J connectivity index is 1.91. The molecule has 17 heavy (non-hydrogen) atoms. The lowest BCUT2D eigenvalue weighted by Gasteiger charge is -2.18. The minimum atomic E-state index is -0.410. The molecule has 0 N–H and O–H groups in total. The summed E-state index contributed by atoms with van der Waals surface area (Å²) in [6.07, 6.45) is 7.69. The van der Waals surface area contributed by atoms with Gasteiger partial charge in [0.05, 0.1) is 6.61 Å². The number of nitrogens with zero attached hydrogens (tertiary/aromatic N) is 1. The van der Waals surface area contributed by atoms with Crippen molar-refractivity contribution in [3.05, 3.63) is 12.0 Å². The van der Waals surface area contributed by atoms with E-state index >= 15 is 0 Å². The van der Waals surface area contributed by atoms with E-state index in [0.29, 0.717) is 17.1 Å². The Bertz CT molecular complexity index is 372. The molecule has 5 heteroatoms. The predicted molar refractivity (Wildman–Crippen MR) is 65.2 cm³/mol. The highest BCUT2D eigenvalue weighted by Crippen LogP contribution is 2.32. The Morgan fingerprint density at radius 2 is 2.29 bits per heavy atom. The zero-order valence-corrected chi connectivity index (χ0v) is 10.8. The first-order valence-electron chi connectivity index (χ1n) is 6.09. The summed E-state index contributed by atoms with van der Waals surface area (Å²) in [5, 5.41) is 1.16. The molecule has 0 saturated heterocycles. The van der Waals surface area contributed by atoms with Crippen molar-refractivity contribution in [2.24, 2.45) is 0 Å². The third kappa shape index (κ3) is 3.49. The topological polar surface area (TPSA) is 52.3 Å². The van der Waals surface area contributed by atoms with Gasteiger partial charge in [-0.2, -0.15) is 4.98 Å². The average molecular weight is 255 g/mol. The van der Waals surface area contributed by atoms with Crippen LogP contribution in [0.25, 0.3) is 0 Å². The Morgan fingerprint density at radius 1 is 1.53 bits per heavy atom. The summed E-state index contributed by atoms with van der Waals surface area (Å²) in [6.45, 7) is 2.13. The molecule has 1 aromatic heterocycles. The van der Waals surface area contributed by atoms with Gasteiger partial charge in [-0.15, -0.1) is 0 Å². The van der Waals surface area contributed by atoms with Gasteiger partial charge >= 0.3 is 5.97 Å². The van der Waals surface area contributed by atoms with Gasteiger partial charge in [-0.05, 0) is 19.8 Å². The highest BCUT2D eigenvalue weighted by molar-refractivity contribution is 7.99. The van der Waals surface area contributed by atoms with E-state index in [0.717, 1.165) is 0 Å². The molecule has 0 radical (unpaired) electrons. The number of carbonyl (C=O) groups excluding carboxylic acids is 1. The van der Waals surface area contributed by atoms with Gasteiger partial charge in [0.2, 0.25) is 0 Å². The third-order valence-corrected chi connectivity index (χ3v) is 3.98. The van der Waals surface area contributed by atoms with E-state index in [4.69, 9.17) is 9.15 Å². The number of aromatic nitrogens is 1. The molecule has 1 aromatic rings. The summed E-state index contributed by atoms with van der Waals surface area (Å²) < 4.78 is 10.1. The van der Waals surface area contributed by atoms with Crippen LogP contribution >= 0.6 is 11.8 Å². The maximum atomic E-state index is 11.4. The summed E-state index contributed by atoms with van der Waals surface area (Å²) in [7, 11) is 0. The van der Waals surface area contributed by atoms with Gasteiger partial charge in [0.25, 0.3) is 5.22 Å². The number of rotatable bonds is 4. The van der Waals surface area contributed by atoms with Crippen LogP contribution in [-0.4, -0.2) is 22.8 Å². The number of esters is 1. The van der Waals surface area contributed by atoms with Gasteiger partial charge < -0.3 is 9.15 Å². The smallest absolute Gasteiger partial charge is 0.360 e. The number of ether oxygens (including phenoxy) is 1. The second kappa shape index (κ2) is 6.10. The van der Waals surface area contributed by atoms with Crippen molar-refractivity contribution in [3.63, 3.8) is 0 Å². The molecule has 1 aliphatic carbocycles. The van der Waals surface area contributed by atoms with Crippen molar-refractivity contribution in [2.75, 3.05) is 6.61 Å². The normalized spacial score (nSPS) is 17.0. The zero-order chi connectivity index (χ0) is 12.1. The van der Waals surface area contributed by atoms with E-state index in [1.54, 1.807) is 18.7 Å². The van der Waals surface area contributed by atoms with Crippen molar-refractivity contribution in [1.82, 2.24) is 4.98 Å². The van der Waals surface area contributed by atoms with Crippen molar-refractivity contribution >= 4 is 17.7 Å². The number of oxazole rings is 1. The summed E-state index contributed by atoms with van der Waals surface area (Å²) in [5.74, 6) is -0.410. The monoisotopic (exact) mass is 255 g/mol. The largest absolute Gasteiger partial charge is 0.461 e. The van der Waals surface area contributed by atoms with Crippen LogP contribution in [0.3, 0.4) is 0 Å². The lowest BCUT2D eigenvalue weighted by molar-refractivity contribution is 0.0519. The van der Waals surface area contributed by atoms with E-state index < -0.39 is 5.97 Å². The average Bonchev–Trinajstić information content (AvgIpc) is 2.79. The quantitative estimate of drug-likeness (QED) is 0.773. The van der Waals surface area contributed by atoms with Crippen molar-refractivity contribution < 1.29 is 13.9 Å². The molecule has 0 unspecified atom stereocenters. The minimum absolute atomic E-state index is 0.269. The van der Waals surface area contributed by atoms with Gasteiger partial charge in [-0.25, -0.2) is 4.79 Å². The molecule has 2 rings (SSSR count). The van der Waals surface area contributed by atoms with Crippen molar-refractivity contribution in [3.8, 4) is 0 Å². The molecular weight excluding hydrogens is 238 g/mol. The van der Waals surface area contributed by atoms with Crippen molar-refractivity contribution in [2.45, 2.75) is 49.5 Å². The number of hydrogen-bond donors (Lipinski definition) is 0. The molecule has 1 heterocycles. The fraction of sp³-hybridized carbons (Fsp3) is 0.667. The van der Waals surface area contributed by atoms with Crippen LogP contribution in [0.5, 0.6) is 0 Å². The van der Waals surface area contributed by atoms with Crippen LogP contribution in [0, 0.1) is 0 Å². The Hall–Kier alpha value is -0.970. The van der Waals surface area contributed by atoms with Crippen LogP contribution in [-0.2, 0) is 4.74 Å². The zero-order valence-electron chi connectivity index (χ0n) is 9.98. The Morgan fingerprint density at radius 3 is 3.00 bits per heavy atom. The maximum Gasteiger partial charge on any atom is 0.360 e. The molecule has 94 valence electrons. The van der Waals surface area contributed by atoms with Gasteiger partial charge in [-0.3, -0.25) is 0 Å². The highest BCUT2D eigenvalue weighted by Gasteiger charge is 2.19. The molecule has 0 amide bonds. The molecule has 1 fully saturated rings. The molecular formula is C12H17NO3S. The van der Waals surface area contributed by atoms with Crippen LogP contribution in [0.1, 0.15) is 49.5 Å². The first-order chi connectivity index (χ1) is 8.29. The maximum absolute atomic E-state index is 11.4. The van der Waals surface area contributed by atoms with E-state index in [-0.39, 0.29) is 5.69 Å². The third-order valence-electron chi connectivity index (χ3n) is 2.79. The lowest BCUT2D eigenvalue weighted by atomic mass is 10.0. The standard InChI is InChI=1S/C12H17NO3S/c1-2-15-11(14)10-8-16-12(13-10)17-9-6-4-3-5-7-9/h8-9H,2-7H2,1H3. The molecule has 0 spiro atoms. The second-order valence-corrected chi connectivity index (χ2v) is 5.35. The molecule has 0 bridgehead atoms. The van der Waals surface area contributed by atoms with Gasteiger partial charge in [0, 0.05) is 5.25 Å². The molecule has 0 aromatic carbocycles. The molecule has 1 saturated carbocycles. The van der Waals surface area contributed by atoms with Gasteiger partial charge in [0.15, 0.2) is 5.69 Å². The van der Waals surface area contributed by atoms with Gasteiger partial charge in [0.1, 0.15) is 6.26 Å². The molecule has 1 aliphatic rings. The van der Waals surface area contributed by atoms with Crippen LogP contribution in [0.4, 0.5) is 0 Å². The summed E-state index contributed by atoms with van der Waals surface area (Å²) in [6, 6.07) is 0. The Kier molecular flexibility index (Phi) is 4.48. The van der Waals surface area contributed by atoms with E-state index in [2.05, 4.69) is 4.98 Å². The Labute approximate surface area is 105 Å². The predicted octanol–water partition coefficient (Wildman–Crippen LogP) is 3.28. The van der Waals surface area contributed by atoms with E-state index in [9.17, 15) is 4.79 Å². The fourth-order valence-electron chi connectivity index (χ4n) is 1.94. The van der Waals surface area contributed by atoms with E-state index in [1.165, 1.54) is 38.4 Å². The van der Waals surface area contributed by atoms with Crippen molar-refractivity contribution in [1.29, 1.82) is 0 Å². The molecule has 4 nitrogen and oxygen atoms in total. The van der Waals surface area contributed by atoms with Crippen LogP contribution in [0.2, 0.25) is 0 Å². The first-order valence-corrected chi connectivity index (χ1v) is 6.97. The molecule has 0 aliphatic heterocycles. The fourth-order valence-corrected chi connectivity index (χ4v) is 3.04. The first kappa shape index (κ1) is 12.5. The SMILES string of the molecule is CCOC(=O)c1coc(SC2CCCCC2)n1. The summed E-state index contributed by atoms with van der Waals surface area (Å²) in [5.41, 5.74) is 0.269. The van der Waals surface area contributed by atoms with Crippen LogP contribution in [0.15, 0.2) is 15.9 Å². The highest BCUT2D eigenvalue weighted by atomic mass is 32.2. The van der Waals surface area contributed by atoms with Crippen LogP contribution < -0.4 is 0 Å². The number of thioether (sulfide) groups is 1. The summed E-state index contributed by atoms with van der Waals surface area (Å²) >= 11 is 1.64. The van der Waals surface area contributed by atoms with Gasteiger partial charge in [-0.1, -0.05) is 31.0 Å². The van der Waals surface area contributed by atoms with E-state index in [1.807, 2.05) is 0 Å². The number of carbonyl (C=O) groups is 1. The second-order valence-electron chi connectivity index (χ2n) is 4.10. The molecule has 0 atom stereocenters.